The normalized spacial score (nSPS) is 10.8. The first-order valence-corrected chi connectivity index (χ1v) is 36.3. The summed E-state index contributed by atoms with van der Waals surface area (Å²) in [5, 5.41) is 25.2. The highest BCUT2D eigenvalue weighted by atomic mass is 35.5. The summed E-state index contributed by atoms with van der Waals surface area (Å²) in [5.41, 5.74) is 25.4. The van der Waals surface area contributed by atoms with Crippen molar-refractivity contribution in [1.29, 1.82) is 0 Å². The molecule has 0 radical (unpaired) electrons. The summed E-state index contributed by atoms with van der Waals surface area (Å²) in [4.78, 5) is 60.8. The van der Waals surface area contributed by atoms with Crippen molar-refractivity contribution in [2.75, 3.05) is 85.7 Å². The monoisotopic (exact) mass is 1600 g/mol. The molecule has 25 nitrogen and oxygen atoms in total. The third-order valence-corrected chi connectivity index (χ3v) is 14.8. The lowest BCUT2D eigenvalue weighted by Crippen LogP contribution is -2.37. The molecule has 1 N–H and O–H groups in total. The Morgan fingerprint density at radius 3 is 1.13 bits per heavy atom. The molecule has 0 atom stereocenters. The van der Waals surface area contributed by atoms with Crippen LogP contribution in [0.1, 0.15) is 162 Å². The van der Waals surface area contributed by atoms with Gasteiger partial charge in [-0.3, -0.25) is 24.0 Å². The van der Waals surface area contributed by atoms with Crippen LogP contribution >= 0.6 is 12.4 Å². The Morgan fingerprint density at radius 1 is 0.487 bits per heavy atom. The van der Waals surface area contributed by atoms with E-state index >= 15 is 0 Å². The Balaban J connectivity index is 0.000000804. The van der Waals surface area contributed by atoms with Crippen LogP contribution in [0.2, 0.25) is 0 Å². The van der Waals surface area contributed by atoms with Crippen LogP contribution < -0.4 is 24.9 Å². The van der Waals surface area contributed by atoms with Gasteiger partial charge in [-0.15, -0.1) is 29.0 Å². The number of anilines is 5. The van der Waals surface area contributed by atoms with Crippen molar-refractivity contribution in [1.82, 2.24) is 30.0 Å². The van der Waals surface area contributed by atoms with Gasteiger partial charge in [0.2, 0.25) is 0 Å². The van der Waals surface area contributed by atoms with Crippen LogP contribution in [0.25, 0.3) is 57.3 Å². The topological polar surface area (TPSA) is 289 Å². The molecule has 0 aliphatic heterocycles. The number of amides is 4. The predicted molar refractivity (Wildman–Crippen MR) is 463 cm³/mol. The molecule has 2 heterocycles. The van der Waals surface area contributed by atoms with E-state index in [-0.39, 0.29) is 60.0 Å². The Hall–Kier alpha value is -12.0. The number of nitrogens with zero attached hydrogens (tertiary/aromatic N) is 16. The van der Waals surface area contributed by atoms with Crippen molar-refractivity contribution < 1.29 is 51.3 Å². The molecule has 115 heavy (non-hydrogen) atoms. The van der Waals surface area contributed by atoms with Crippen LogP contribution in [0.15, 0.2) is 168 Å². The molecule has 0 fully saturated rings. The highest BCUT2D eigenvalue weighted by Gasteiger charge is 2.27. The van der Waals surface area contributed by atoms with Gasteiger partial charge in [-0.05, 0) is 207 Å². The fraction of sp³-hybridized carbons (Fsp3) is 0.395. The number of benzene rings is 6. The number of hydrogen-bond donors (Lipinski definition) is 1. The first-order chi connectivity index (χ1) is 53.1. The van der Waals surface area contributed by atoms with Gasteiger partial charge in [0.15, 0.2) is 0 Å². The minimum atomic E-state index is -0.679. The summed E-state index contributed by atoms with van der Waals surface area (Å²) >= 11 is 0. The zero-order chi connectivity index (χ0) is 82.9. The number of terminal acetylenes is 1. The van der Waals surface area contributed by atoms with Gasteiger partial charge in [0.1, 0.15) is 41.4 Å². The Morgan fingerprint density at radius 2 is 0.809 bits per heavy atom. The van der Waals surface area contributed by atoms with E-state index in [1.165, 1.54) is 41.0 Å². The van der Waals surface area contributed by atoms with Gasteiger partial charge >= 0.3 is 24.4 Å². The lowest BCUT2D eigenvalue weighted by Gasteiger charge is -2.27. The summed E-state index contributed by atoms with van der Waals surface area (Å²) in [6.45, 7) is 23.5. The zero-order valence-electron chi connectivity index (χ0n) is 67.5. The molecule has 0 saturated heterocycles. The average Bonchev–Trinajstić information content (AvgIpc) is 1.78. The van der Waals surface area contributed by atoms with Gasteiger partial charge < -0.3 is 24.3 Å². The number of halogens is 4. The largest absolute Gasteiger partial charge is 0.443 e. The van der Waals surface area contributed by atoms with Crippen LogP contribution in [-0.4, -0.2) is 138 Å². The SMILES string of the molecule is C.C.C#CCN(C(=O)OC(C)(C)C)c1ccc(/C=C/c2ccc(N(C)C(=O)OC(C)(C)C)cc2)cc1.CCCN=[N+]=[N-].CN(C(=O)OC(C)(C)C)c1ccc(/C=C/c2ccc(N(Cc3cn(CC[18F])nn3)C(=O)OC(C)(C)C)cc2)cc1.CNc1ccc(/C=C/c2ccc(CCc3cn(CC[18F])nn3)cc2)cc1.Cl.[N-]=[N+]=NCC[18F]. The quantitative estimate of drug-likeness (QED) is 0.0139. The van der Waals surface area contributed by atoms with E-state index in [0.717, 1.165) is 64.3 Å². The lowest BCUT2D eigenvalue weighted by molar-refractivity contribution is 0.0568. The maximum absolute atomic E-state index is 13.0. The van der Waals surface area contributed by atoms with Gasteiger partial charge in [0, 0.05) is 72.1 Å². The number of rotatable bonds is 25. The Bertz CT molecular complexity index is 4400. The highest BCUT2D eigenvalue weighted by Crippen LogP contribution is 2.26. The smallest absolute Gasteiger partial charge is 0.415 e. The van der Waals surface area contributed by atoms with Gasteiger partial charge in [-0.25, -0.2) is 37.3 Å². The molecule has 8 rings (SSSR count). The number of nitrogens with one attached hydrogen (secondary N) is 1. The Labute approximate surface area is 683 Å². The fourth-order valence-corrected chi connectivity index (χ4v) is 9.32. The van der Waals surface area contributed by atoms with Crippen molar-refractivity contribution in [3.63, 3.8) is 0 Å². The number of carbonyl (C=O) groups excluding carboxylic acids is 4. The highest BCUT2D eigenvalue weighted by molar-refractivity contribution is 5.91. The van der Waals surface area contributed by atoms with E-state index in [1.807, 2.05) is 204 Å². The molecule has 0 unspecified atom stereocenters. The standard InChI is InChI=1S/C30H38FN5O4.C28H34N2O4.C21H23FN4.C3H7N3.C2H4FN3.2CH4.ClH/c1-29(2,3)39-27(37)34(7)25-14-10-22(11-15-25)8-9-23-12-16-26(17-13-23)36(28(38)40-30(4,5)6)21-24-20-35(19-18-31)33-32-24;1-9-20-30(26(32)34-28(5,6)7)24-18-14-22(15-19-24)11-10-21-12-16-23(17-13-21)29(8)25(31)33-27(2,3)4;1-23-20-11-8-19(9-12-20)7-4-17-2-5-18(6-3-17)10-13-21-16-26(15-14-22)25-24-21;1-2-3-5-6-4;3-1-2-5-6-4;;;/h8-17,20H,18-19,21H2,1-7H3;1,10-19H,20H2,2-8H3;2-9,11-12,16,23H,10,13-15H2,1H3;2-3H2,1H3;1-2H2;2*1H4;1H/b9-8+;11-10+;7-4+;;;;;/i31-1;;22-1;;3-1;;;. The molecule has 0 bridgehead atoms. The van der Waals surface area contributed by atoms with Crippen molar-refractivity contribution in [2.24, 2.45) is 10.2 Å². The van der Waals surface area contributed by atoms with E-state index in [9.17, 15) is 32.3 Å². The second-order valence-electron chi connectivity index (χ2n) is 28.8. The number of ether oxygens (including phenoxy) is 4. The third-order valence-electron chi connectivity index (χ3n) is 14.8. The van der Waals surface area contributed by atoms with Crippen molar-refractivity contribution >= 4 is 102 Å². The van der Waals surface area contributed by atoms with Crippen molar-refractivity contribution in [3.05, 3.63) is 229 Å². The second kappa shape index (κ2) is 51.6. The molecular weight excluding hydrogens is 1490 g/mol. The number of carbonyl (C=O) groups is 4. The molecule has 0 aliphatic rings. The molecule has 8 aromatic rings. The molecule has 0 aliphatic carbocycles. The van der Waals surface area contributed by atoms with E-state index in [4.69, 9.17) is 36.4 Å². The third kappa shape index (κ3) is 40.3. The number of azide groups is 2. The first-order valence-electron chi connectivity index (χ1n) is 36.3. The van der Waals surface area contributed by atoms with Crippen molar-refractivity contribution in [2.45, 2.75) is 166 Å². The van der Waals surface area contributed by atoms with E-state index in [0.29, 0.717) is 23.6 Å². The van der Waals surface area contributed by atoms with Crippen LogP contribution in [0, 0.1) is 12.3 Å². The number of aryl methyl sites for hydroxylation is 4. The van der Waals surface area contributed by atoms with Crippen LogP contribution in [0.3, 0.4) is 0 Å². The fourth-order valence-electron chi connectivity index (χ4n) is 9.32. The minimum Gasteiger partial charge on any atom is -0.443 e. The van der Waals surface area contributed by atoms with Crippen LogP contribution in [0.4, 0.5) is 60.8 Å². The van der Waals surface area contributed by atoms with Crippen molar-refractivity contribution in [3.8, 4) is 12.3 Å². The molecular formula is C86H115ClF3N17O8. The summed E-state index contributed by atoms with van der Waals surface area (Å²) < 4.78 is 60.7. The minimum absolute atomic E-state index is 0. The van der Waals surface area contributed by atoms with Crippen LogP contribution in [0.5, 0.6) is 0 Å². The summed E-state index contributed by atoms with van der Waals surface area (Å²) in [6, 6.07) is 46.9. The maximum Gasteiger partial charge on any atom is 0.415 e. The number of aromatic nitrogens is 6. The molecule has 0 saturated carbocycles. The van der Waals surface area contributed by atoms with E-state index in [1.54, 1.807) is 45.7 Å². The van der Waals surface area contributed by atoms with Gasteiger partial charge in [0.05, 0.1) is 51.3 Å². The summed E-state index contributed by atoms with van der Waals surface area (Å²) in [6.07, 6.45) is 21.8. The first kappa shape index (κ1) is 101. The molecule has 0 spiro atoms. The number of alkyl halides is 3. The van der Waals surface area contributed by atoms with Gasteiger partial charge in [0.25, 0.3) is 0 Å². The van der Waals surface area contributed by atoms with E-state index in [2.05, 4.69) is 113 Å². The molecule has 4 amide bonds. The summed E-state index contributed by atoms with van der Waals surface area (Å²) in [7, 11) is 5.27. The molecule has 2 aromatic heterocycles. The lowest BCUT2D eigenvalue weighted by atomic mass is 10.1. The second-order valence-corrected chi connectivity index (χ2v) is 28.8. The summed E-state index contributed by atoms with van der Waals surface area (Å²) in [5.74, 6) is 2.50. The van der Waals surface area contributed by atoms with Crippen LogP contribution in [-0.2, 0) is 51.4 Å². The zero-order valence-corrected chi connectivity index (χ0v) is 68.3. The van der Waals surface area contributed by atoms with Gasteiger partial charge in [-0.1, -0.05) is 176 Å². The van der Waals surface area contributed by atoms with E-state index < -0.39 is 66.8 Å². The molecule has 29 heteroatoms. The molecule has 620 valence electrons. The maximum atomic E-state index is 13.0. The predicted octanol–water partition coefficient (Wildman–Crippen LogP) is 22.2. The average molecular weight is 1600 g/mol. The Kier molecular flexibility index (Phi) is 45.3. The molecule has 6 aromatic carbocycles. The number of hydrogen-bond acceptors (Lipinski definition) is 15. The van der Waals surface area contributed by atoms with Gasteiger partial charge in [-0.2, -0.15) is 0 Å².